The van der Waals surface area contributed by atoms with Crippen LogP contribution in [0.25, 0.3) is 0 Å². The van der Waals surface area contributed by atoms with Crippen LogP contribution in [0.3, 0.4) is 0 Å². The first kappa shape index (κ1) is 22.6. The number of sulfonamides is 1. The minimum Gasteiger partial charge on any atom is -0.350 e. The third-order valence-corrected chi connectivity index (χ3v) is 6.31. The maximum absolute atomic E-state index is 12.3. The second-order valence-corrected chi connectivity index (χ2v) is 10.4. The molecule has 0 spiro atoms. The molecule has 0 unspecified atom stereocenters. The third kappa shape index (κ3) is 7.04. The first-order valence-electron chi connectivity index (χ1n) is 9.14. The Morgan fingerprint density at radius 2 is 1.75 bits per heavy atom. The summed E-state index contributed by atoms with van der Waals surface area (Å²) in [6.45, 7) is 7.34. The number of hydrogen-bond acceptors (Lipinski definition) is 3. The van der Waals surface area contributed by atoms with E-state index in [1.54, 1.807) is 45.0 Å². The summed E-state index contributed by atoms with van der Waals surface area (Å²) in [5, 5.41) is 2.99. The van der Waals surface area contributed by atoms with Crippen molar-refractivity contribution in [2.75, 3.05) is 0 Å². The van der Waals surface area contributed by atoms with Crippen LogP contribution in [0.15, 0.2) is 57.9 Å². The molecule has 1 amide bonds. The zero-order valence-electron chi connectivity index (χ0n) is 16.6. The fourth-order valence-electron chi connectivity index (χ4n) is 2.73. The van der Waals surface area contributed by atoms with Crippen LogP contribution in [-0.2, 0) is 21.2 Å². The van der Waals surface area contributed by atoms with Gasteiger partial charge in [-0.3, -0.25) is 4.79 Å². The summed E-state index contributed by atoms with van der Waals surface area (Å²) in [7, 11) is -3.55. The lowest BCUT2D eigenvalue weighted by Gasteiger charge is -2.20. The van der Waals surface area contributed by atoms with E-state index in [2.05, 4.69) is 26.0 Å². The van der Waals surface area contributed by atoms with Crippen LogP contribution in [0.2, 0.25) is 0 Å². The van der Waals surface area contributed by atoms with Crippen molar-refractivity contribution in [2.45, 2.75) is 57.0 Å². The second-order valence-electron chi connectivity index (χ2n) is 7.84. The molecule has 0 radical (unpaired) electrons. The normalized spacial score (nSPS) is 13.2. The number of aryl methyl sites for hydroxylation is 1. The van der Waals surface area contributed by atoms with E-state index in [1.807, 2.05) is 31.2 Å². The number of hydrogen-bond donors (Lipinski definition) is 2. The molecule has 0 saturated carbocycles. The van der Waals surface area contributed by atoms with E-state index in [-0.39, 0.29) is 16.8 Å². The van der Waals surface area contributed by atoms with Gasteiger partial charge in [0.25, 0.3) is 0 Å². The van der Waals surface area contributed by atoms with Crippen LogP contribution < -0.4 is 10.0 Å². The van der Waals surface area contributed by atoms with Gasteiger partial charge >= 0.3 is 0 Å². The number of amides is 1. The van der Waals surface area contributed by atoms with Crippen molar-refractivity contribution in [3.8, 4) is 0 Å². The first-order chi connectivity index (χ1) is 13.0. The number of carbonyl (C=O) groups is 1. The summed E-state index contributed by atoms with van der Waals surface area (Å²) >= 11 is 3.43. The Bertz CT molecular complexity index is 919. The molecule has 152 valence electrons. The van der Waals surface area contributed by atoms with E-state index in [9.17, 15) is 13.2 Å². The summed E-state index contributed by atoms with van der Waals surface area (Å²) in [6, 6.07) is 14.4. The van der Waals surface area contributed by atoms with Crippen LogP contribution in [0.1, 0.15) is 51.3 Å². The minimum absolute atomic E-state index is 0.0430. The molecule has 5 nitrogen and oxygen atoms in total. The molecule has 0 fully saturated rings. The van der Waals surface area contributed by atoms with Crippen LogP contribution in [-0.4, -0.2) is 19.9 Å². The predicted octanol–water partition coefficient (Wildman–Crippen LogP) is 4.34. The molecule has 2 N–H and O–H groups in total. The fraction of sp³-hybridized carbons (Fsp3) is 0.381. The number of rotatable bonds is 7. The lowest BCUT2D eigenvalue weighted by Crippen LogP contribution is -2.40. The highest BCUT2D eigenvalue weighted by Crippen LogP contribution is 2.18. The van der Waals surface area contributed by atoms with E-state index >= 15 is 0 Å². The van der Waals surface area contributed by atoms with E-state index in [0.29, 0.717) is 12.8 Å². The highest BCUT2D eigenvalue weighted by atomic mass is 79.9. The molecule has 2 aromatic carbocycles. The largest absolute Gasteiger partial charge is 0.350 e. The van der Waals surface area contributed by atoms with Crippen LogP contribution in [0.5, 0.6) is 0 Å². The summed E-state index contributed by atoms with van der Waals surface area (Å²) in [4.78, 5) is 12.5. The monoisotopic (exact) mass is 466 g/mol. The molecule has 2 aromatic rings. The zero-order valence-corrected chi connectivity index (χ0v) is 19.0. The topological polar surface area (TPSA) is 75.3 Å². The summed E-state index contributed by atoms with van der Waals surface area (Å²) in [6.07, 6.45) is 0.884. The van der Waals surface area contributed by atoms with Gasteiger partial charge in [0.2, 0.25) is 15.9 Å². The molecule has 0 aliphatic heterocycles. The third-order valence-electron chi connectivity index (χ3n) is 4.04. The average molecular weight is 467 g/mol. The summed E-state index contributed by atoms with van der Waals surface area (Å²) < 4.78 is 28.3. The maximum atomic E-state index is 12.3. The Kier molecular flexibility index (Phi) is 7.42. The molecule has 7 heteroatoms. The molecule has 0 bridgehead atoms. The lowest BCUT2D eigenvalue weighted by molar-refractivity contribution is -0.121. The van der Waals surface area contributed by atoms with E-state index < -0.39 is 15.6 Å². The number of halogens is 1. The van der Waals surface area contributed by atoms with Gasteiger partial charge in [-0.05, 0) is 69.5 Å². The molecular weight excluding hydrogens is 440 g/mol. The molecule has 2 rings (SSSR count). The van der Waals surface area contributed by atoms with Crippen LogP contribution in [0, 0.1) is 0 Å². The average Bonchev–Trinajstić information content (AvgIpc) is 2.58. The summed E-state index contributed by atoms with van der Waals surface area (Å²) in [5.74, 6) is -0.0430. The number of benzene rings is 2. The second kappa shape index (κ2) is 9.20. The predicted molar refractivity (Wildman–Crippen MR) is 116 cm³/mol. The van der Waals surface area contributed by atoms with E-state index in [1.165, 1.54) is 0 Å². The Balaban J connectivity index is 1.91. The van der Waals surface area contributed by atoms with E-state index in [4.69, 9.17) is 0 Å². The van der Waals surface area contributed by atoms with Gasteiger partial charge < -0.3 is 5.32 Å². The highest BCUT2D eigenvalue weighted by molar-refractivity contribution is 9.10. The Morgan fingerprint density at radius 1 is 1.11 bits per heavy atom. The molecule has 0 saturated heterocycles. The van der Waals surface area contributed by atoms with Gasteiger partial charge in [0.15, 0.2) is 0 Å². The van der Waals surface area contributed by atoms with Crippen LogP contribution in [0.4, 0.5) is 0 Å². The molecule has 0 aliphatic carbocycles. The van der Waals surface area contributed by atoms with E-state index in [0.717, 1.165) is 15.6 Å². The van der Waals surface area contributed by atoms with Crippen molar-refractivity contribution in [1.82, 2.24) is 10.0 Å². The summed E-state index contributed by atoms with van der Waals surface area (Å²) in [5.41, 5.74) is 1.41. The van der Waals surface area contributed by atoms with Crippen molar-refractivity contribution in [2.24, 2.45) is 0 Å². The molecule has 28 heavy (non-hydrogen) atoms. The molecule has 0 heterocycles. The standard InChI is InChI=1S/C21H27BrN2O3S/c1-15(17-6-5-7-18(22)14-17)23-20(25)13-10-16-8-11-19(12-9-16)28(26,27)24-21(2,3)4/h5-9,11-12,14-15,24H,10,13H2,1-4H3,(H,23,25)/t15-/m1/s1. The van der Waals surface area contributed by atoms with Crippen molar-refractivity contribution in [3.63, 3.8) is 0 Å². The Morgan fingerprint density at radius 3 is 2.32 bits per heavy atom. The van der Waals surface area contributed by atoms with Crippen LogP contribution >= 0.6 is 15.9 Å². The maximum Gasteiger partial charge on any atom is 0.241 e. The smallest absolute Gasteiger partial charge is 0.241 e. The van der Waals surface area contributed by atoms with Gasteiger partial charge in [-0.1, -0.05) is 40.2 Å². The molecular formula is C21H27BrN2O3S. The number of carbonyl (C=O) groups excluding carboxylic acids is 1. The Labute approximate surface area is 176 Å². The van der Waals surface area contributed by atoms with Gasteiger partial charge in [-0.25, -0.2) is 13.1 Å². The van der Waals surface area contributed by atoms with Gasteiger partial charge in [-0.15, -0.1) is 0 Å². The van der Waals surface area contributed by atoms with Gasteiger partial charge in [0.1, 0.15) is 0 Å². The van der Waals surface area contributed by atoms with Crippen molar-refractivity contribution in [1.29, 1.82) is 0 Å². The van der Waals surface area contributed by atoms with Crippen molar-refractivity contribution >= 4 is 31.9 Å². The van der Waals surface area contributed by atoms with Gasteiger partial charge in [0, 0.05) is 16.4 Å². The lowest BCUT2D eigenvalue weighted by atomic mass is 10.1. The highest BCUT2D eigenvalue weighted by Gasteiger charge is 2.21. The number of nitrogens with one attached hydrogen (secondary N) is 2. The van der Waals surface area contributed by atoms with Gasteiger partial charge in [-0.2, -0.15) is 0 Å². The fourth-order valence-corrected chi connectivity index (χ4v) is 4.56. The first-order valence-corrected chi connectivity index (χ1v) is 11.4. The molecule has 1 atom stereocenters. The quantitative estimate of drug-likeness (QED) is 0.637. The Hall–Kier alpha value is -1.70. The molecule has 0 aliphatic rings. The minimum atomic E-state index is -3.55. The zero-order chi connectivity index (χ0) is 20.9. The van der Waals surface area contributed by atoms with Crippen molar-refractivity contribution in [3.05, 3.63) is 64.1 Å². The SMILES string of the molecule is C[C@@H](NC(=O)CCc1ccc(S(=O)(=O)NC(C)(C)C)cc1)c1cccc(Br)c1. The van der Waals surface area contributed by atoms with Gasteiger partial charge in [0.05, 0.1) is 10.9 Å². The molecule has 0 aromatic heterocycles. The van der Waals surface area contributed by atoms with Crippen molar-refractivity contribution < 1.29 is 13.2 Å².